The summed E-state index contributed by atoms with van der Waals surface area (Å²) in [4.78, 5) is 24.7. The third kappa shape index (κ3) is 5.28. The molecule has 3 aromatic carbocycles. The highest BCUT2D eigenvalue weighted by molar-refractivity contribution is 7.99. The Balaban J connectivity index is 1.78. The van der Waals surface area contributed by atoms with Gasteiger partial charge in [-0.3, -0.25) is 14.9 Å². The van der Waals surface area contributed by atoms with Crippen LogP contribution in [0.3, 0.4) is 0 Å². The van der Waals surface area contributed by atoms with Crippen molar-refractivity contribution in [1.29, 1.82) is 0 Å². The molecule has 8 heteroatoms. The predicted molar refractivity (Wildman–Crippen MR) is 113 cm³/mol. The molecule has 148 valence electrons. The second-order valence-corrected chi connectivity index (χ2v) is 7.55. The first-order valence-corrected chi connectivity index (χ1v) is 9.79. The summed E-state index contributed by atoms with van der Waals surface area (Å²) in [5, 5.41) is 14.8. The number of benzene rings is 3. The molecule has 0 saturated carbocycles. The topological polar surface area (TPSA) is 81.5 Å². The molecule has 0 saturated heterocycles. The number of ether oxygens (including phenoxy) is 1. The number of hydrogen-bond donors (Lipinski definition) is 1. The SMILES string of the molecule is COc1ccccc1CNC(=O)c1ccc(Sc2cccc(Cl)c2)c([N+](=O)[O-])c1. The van der Waals surface area contributed by atoms with Crippen molar-refractivity contribution in [2.24, 2.45) is 0 Å². The van der Waals surface area contributed by atoms with Crippen LogP contribution in [0.25, 0.3) is 0 Å². The first kappa shape index (κ1) is 20.7. The second kappa shape index (κ2) is 9.45. The number of nitrogens with one attached hydrogen (secondary N) is 1. The van der Waals surface area contributed by atoms with E-state index in [0.29, 0.717) is 15.7 Å². The van der Waals surface area contributed by atoms with Gasteiger partial charge in [-0.05, 0) is 36.4 Å². The van der Waals surface area contributed by atoms with Crippen LogP contribution >= 0.6 is 23.4 Å². The number of nitro benzene ring substituents is 1. The fourth-order valence-corrected chi connectivity index (χ4v) is 3.89. The summed E-state index contributed by atoms with van der Waals surface area (Å²) in [7, 11) is 1.56. The highest BCUT2D eigenvalue weighted by Gasteiger charge is 2.19. The van der Waals surface area contributed by atoms with Crippen LogP contribution in [0, 0.1) is 10.1 Å². The standard InChI is InChI=1S/C21H17ClN2O4S/c1-28-19-8-3-2-5-15(19)13-23-21(25)14-9-10-20(18(11-14)24(26)27)29-17-7-4-6-16(22)12-17/h2-12H,13H2,1H3,(H,23,25). The highest BCUT2D eigenvalue weighted by atomic mass is 35.5. The Morgan fingerprint density at radius 2 is 1.93 bits per heavy atom. The minimum Gasteiger partial charge on any atom is -0.496 e. The largest absolute Gasteiger partial charge is 0.496 e. The zero-order valence-electron chi connectivity index (χ0n) is 15.4. The van der Waals surface area contributed by atoms with Crippen LogP contribution < -0.4 is 10.1 Å². The van der Waals surface area contributed by atoms with Gasteiger partial charge in [0, 0.05) is 33.7 Å². The van der Waals surface area contributed by atoms with E-state index in [0.717, 1.165) is 10.5 Å². The number of nitro groups is 1. The van der Waals surface area contributed by atoms with Crippen LogP contribution in [0.2, 0.25) is 5.02 Å². The molecule has 0 unspecified atom stereocenters. The number of rotatable bonds is 7. The fourth-order valence-electron chi connectivity index (χ4n) is 2.67. The van der Waals surface area contributed by atoms with Crippen LogP contribution in [-0.4, -0.2) is 17.9 Å². The van der Waals surface area contributed by atoms with E-state index in [1.165, 1.54) is 17.8 Å². The van der Waals surface area contributed by atoms with Gasteiger partial charge < -0.3 is 10.1 Å². The van der Waals surface area contributed by atoms with Gasteiger partial charge in [0.05, 0.1) is 16.9 Å². The molecule has 0 heterocycles. The number of amides is 1. The van der Waals surface area contributed by atoms with E-state index in [4.69, 9.17) is 16.3 Å². The molecule has 1 N–H and O–H groups in total. The van der Waals surface area contributed by atoms with Crippen LogP contribution in [0.5, 0.6) is 5.75 Å². The third-order valence-electron chi connectivity index (χ3n) is 4.07. The molecule has 0 aliphatic carbocycles. The van der Waals surface area contributed by atoms with Crippen LogP contribution in [0.4, 0.5) is 5.69 Å². The predicted octanol–water partition coefficient (Wildman–Crippen LogP) is 5.34. The summed E-state index contributed by atoms with van der Waals surface area (Å²) in [5.41, 5.74) is 0.882. The molecule has 6 nitrogen and oxygen atoms in total. The monoisotopic (exact) mass is 428 g/mol. The normalized spacial score (nSPS) is 10.4. The lowest BCUT2D eigenvalue weighted by atomic mass is 10.1. The van der Waals surface area contributed by atoms with Crippen molar-refractivity contribution < 1.29 is 14.5 Å². The van der Waals surface area contributed by atoms with Crippen LogP contribution in [-0.2, 0) is 6.54 Å². The van der Waals surface area contributed by atoms with Gasteiger partial charge in [0.15, 0.2) is 0 Å². The quantitative estimate of drug-likeness (QED) is 0.406. The molecule has 0 spiro atoms. The average molecular weight is 429 g/mol. The second-order valence-electron chi connectivity index (χ2n) is 5.99. The summed E-state index contributed by atoms with van der Waals surface area (Å²) in [6.45, 7) is 0.246. The Morgan fingerprint density at radius 3 is 2.66 bits per heavy atom. The number of nitrogens with zero attached hydrogens (tertiary/aromatic N) is 1. The molecule has 1 amide bonds. The number of para-hydroxylation sites is 1. The average Bonchev–Trinajstić information content (AvgIpc) is 2.72. The van der Waals surface area contributed by atoms with Gasteiger partial charge in [0.2, 0.25) is 0 Å². The zero-order valence-corrected chi connectivity index (χ0v) is 17.0. The lowest BCUT2D eigenvalue weighted by Crippen LogP contribution is -2.23. The number of methoxy groups -OCH3 is 1. The van der Waals surface area contributed by atoms with Gasteiger partial charge in [-0.2, -0.15) is 0 Å². The van der Waals surface area contributed by atoms with E-state index >= 15 is 0 Å². The Kier molecular flexibility index (Phi) is 6.74. The summed E-state index contributed by atoms with van der Waals surface area (Å²) in [5.74, 6) is 0.255. The molecule has 0 radical (unpaired) electrons. The van der Waals surface area contributed by atoms with Gasteiger partial charge in [-0.15, -0.1) is 0 Å². The molecule has 3 aromatic rings. The molecular weight excluding hydrogens is 412 g/mol. The third-order valence-corrected chi connectivity index (χ3v) is 5.36. The molecule has 3 rings (SSSR count). The van der Waals surface area contributed by atoms with E-state index < -0.39 is 10.8 Å². The molecule has 29 heavy (non-hydrogen) atoms. The fraction of sp³-hybridized carbons (Fsp3) is 0.0952. The van der Waals surface area contributed by atoms with Crippen molar-refractivity contribution in [3.8, 4) is 5.75 Å². The first-order chi connectivity index (χ1) is 14.0. The van der Waals surface area contributed by atoms with Gasteiger partial charge in [-0.1, -0.05) is 47.6 Å². The molecule has 0 aliphatic heterocycles. The summed E-state index contributed by atoms with van der Waals surface area (Å²) in [6.07, 6.45) is 0. The molecule has 0 bridgehead atoms. The van der Waals surface area contributed by atoms with E-state index in [1.807, 2.05) is 24.3 Å². The first-order valence-electron chi connectivity index (χ1n) is 8.60. The Bertz CT molecular complexity index is 1060. The van der Waals surface area contributed by atoms with Gasteiger partial charge in [-0.25, -0.2) is 0 Å². The summed E-state index contributed by atoms with van der Waals surface area (Å²) < 4.78 is 5.26. The molecule has 0 fully saturated rings. The lowest BCUT2D eigenvalue weighted by molar-refractivity contribution is -0.387. The number of halogens is 1. The van der Waals surface area contributed by atoms with Crippen molar-refractivity contribution >= 4 is 35.0 Å². The maximum absolute atomic E-state index is 12.5. The number of carbonyl (C=O) groups is 1. The van der Waals surface area contributed by atoms with Gasteiger partial charge >= 0.3 is 0 Å². The van der Waals surface area contributed by atoms with E-state index in [-0.39, 0.29) is 17.8 Å². The summed E-state index contributed by atoms with van der Waals surface area (Å²) >= 11 is 7.20. The van der Waals surface area contributed by atoms with E-state index in [2.05, 4.69) is 5.32 Å². The van der Waals surface area contributed by atoms with Gasteiger partial charge in [0.25, 0.3) is 11.6 Å². The molecule has 0 aromatic heterocycles. The Labute approximate surface area is 177 Å². The number of hydrogen-bond acceptors (Lipinski definition) is 5. The minimum absolute atomic E-state index is 0.139. The maximum Gasteiger partial charge on any atom is 0.284 e. The Morgan fingerprint density at radius 1 is 1.14 bits per heavy atom. The summed E-state index contributed by atoms with van der Waals surface area (Å²) in [6, 6.07) is 18.8. The number of carbonyl (C=O) groups excluding carboxylic acids is 1. The molecular formula is C21H17ClN2O4S. The Hall–Kier alpha value is -3.03. The van der Waals surface area contributed by atoms with Crippen molar-refractivity contribution in [2.75, 3.05) is 7.11 Å². The van der Waals surface area contributed by atoms with Gasteiger partial charge in [0.1, 0.15) is 5.75 Å². The molecule has 0 aliphatic rings. The molecule has 0 atom stereocenters. The van der Waals surface area contributed by atoms with Crippen LogP contribution in [0.1, 0.15) is 15.9 Å². The van der Waals surface area contributed by atoms with Crippen molar-refractivity contribution in [3.05, 3.63) is 93.0 Å². The van der Waals surface area contributed by atoms with E-state index in [1.54, 1.807) is 43.5 Å². The van der Waals surface area contributed by atoms with Crippen molar-refractivity contribution in [3.63, 3.8) is 0 Å². The maximum atomic E-state index is 12.5. The van der Waals surface area contributed by atoms with Crippen molar-refractivity contribution in [2.45, 2.75) is 16.3 Å². The van der Waals surface area contributed by atoms with Crippen molar-refractivity contribution in [1.82, 2.24) is 5.32 Å². The minimum atomic E-state index is -0.496. The van der Waals surface area contributed by atoms with Crippen LogP contribution in [0.15, 0.2) is 76.5 Å². The van der Waals surface area contributed by atoms with E-state index in [9.17, 15) is 14.9 Å². The zero-order chi connectivity index (χ0) is 20.8. The highest BCUT2D eigenvalue weighted by Crippen LogP contribution is 2.36. The smallest absolute Gasteiger partial charge is 0.284 e. The lowest BCUT2D eigenvalue weighted by Gasteiger charge is -2.10.